The molecule has 3 aromatic rings. The van der Waals surface area contributed by atoms with E-state index in [4.69, 9.17) is 4.52 Å². The number of aryl methyl sites for hydroxylation is 2. The van der Waals surface area contributed by atoms with Gasteiger partial charge in [-0.25, -0.2) is 9.67 Å². The van der Waals surface area contributed by atoms with Gasteiger partial charge in [-0.1, -0.05) is 16.8 Å². The Bertz CT molecular complexity index is 937. The van der Waals surface area contributed by atoms with Gasteiger partial charge < -0.3 is 9.42 Å². The highest BCUT2D eigenvalue weighted by Gasteiger charge is 2.14. The third-order valence-corrected chi connectivity index (χ3v) is 4.59. The monoisotopic (exact) mass is 350 g/mol. The van der Waals surface area contributed by atoms with Gasteiger partial charge in [-0.05, 0) is 45.5 Å². The van der Waals surface area contributed by atoms with E-state index in [1.165, 1.54) is 5.57 Å². The van der Waals surface area contributed by atoms with Crippen molar-refractivity contribution in [2.75, 3.05) is 20.1 Å². The van der Waals surface area contributed by atoms with Crippen LogP contribution in [0.1, 0.15) is 23.7 Å². The molecular formula is C19H22N6O. The van der Waals surface area contributed by atoms with Gasteiger partial charge in [0.05, 0.1) is 5.69 Å². The lowest BCUT2D eigenvalue weighted by Crippen LogP contribution is -2.24. The van der Waals surface area contributed by atoms with Crippen LogP contribution in [-0.2, 0) is 6.42 Å². The fourth-order valence-electron chi connectivity index (χ4n) is 3.12. The maximum Gasteiger partial charge on any atom is 0.231 e. The second kappa shape index (κ2) is 6.84. The molecule has 1 aliphatic heterocycles. The smallest absolute Gasteiger partial charge is 0.231 e. The molecule has 0 amide bonds. The maximum atomic E-state index is 5.43. The van der Waals surface area contributed by atoms with Crippen molar-refractivity contribution in [1.29, 1.82) is 0 Å². The van der Waals surface area contributed by atoms with Crippen molar-refractivity contribution in [3.05, 3.63) is 53.3 Å². The number of likely N-dealkylation sites (N-methyl/N-ethyl adjacent to an activating group) is 1. The average molecular weight is 350 g/mol. The number of pyridine rings is 1. The summed E-state index contributed by atoms with van der Waals surface area (Å²) in [4.78, 5) is 11.3. The highest BCUT2D eigenvalue weighted by Crippen LogP contribution is 2.20. The molecule has 0 N–H and O–H groups in total. The molecule has 7 nitrogen and oxygen atoms in total. The lowest BCUT2D eigenvalue weighted by atomic mass is 10.1. The minimum absolute atomic E-state index is 0.570. The summed E-state index contributed by atoms with van der Waals surface area (Å²) < 4.78 is 7.25. The van der Waals surface area contributed by atoms with Crippen molar-refractivity contribution in [1.82, 2.24) is 29.8 Å². The van der Waals surface area contributed by atoms with Gasteiger partial charge in [0.15, 0.2) is 5.82 Å². The Hall–Kier alpha value is -2.80. The molecular weight excluding hydrogens is 328 g/mol. The molecule has 0 atom stereocenters. The quantitative estimate of drug-likeness (QED) is 0.674. The van der Waals surface area contributed by atoms with Crippen molar-refractivity contribution in [3.63, 3.8) is 0 Å². The molecule has 3 aromatic heterocycles. The molecule has 0 unspecified atom stereocenters. The summed E-state index contributed by atoms with van der Waals surface area (Å²) in [5.74, 6) is 2.00. The summed E-state index contributed by atoms with van der Waals surface area (Å²) in [6.07, 6.45) is 5.78. The van der Waals surface area contributed by atoms with E-state index in [0.717, 1.165) is 48.7 Å². The van der Waals surface area contributed by atoms with Crippen molar-refractivity contribution in [3.8, 4) is 17.2 Å². The predicted molar refractivity (Wildman–Crippen MR) is 98.0 cm³/mol. The molecule has 26 heavy (non-hydrogen) atoms. The van der Waals surface area contributed by atoms with E-state index in [-0.39, 0.29) is 0 Å². The molecule has 1 aliphatic rings. The van der Waals surface area contributed by atoms with Gasteiger partial charge >= 0.3 is 0 Å². The second-order valence-electron chi connectivity index (χ2n) is 6.81. The summed E-state index contributed by atoms with van der Waals surface area (Å²) in [5.41, 5.74) is 4.22. The first-order chi connectivity index (χ1) is 12.6. The fourth-order valence-corrected chi connectivity index (χ4v) is 3.12. The number of nitrogens with zero attached hydrogens (tertiary/aromatic N) is 6. The second-order valence-corrected chi connectivity index (χ2v) is 6.81. The van der Waals surface area contributed by atoms with E-state index in [9.17, 15) is 0 Å². The lowest BCUT2D eigenvalue weighted by Gasteiger charge is -2.20. The van der Waals surface area contributed by atoms with Gasteiger partial charge in [0.25, 0.3) is 0 Å². The van der Waals surface area contributed by atoms with E-state index >= 15 is 0 Å². The average Bonchev–Trinajstić information content (AvgIpc) is 3.23. The molecule has 0 saturated carbocycles. The van der Waals surface area contributed by atoms with Crippen molar-refractivity contribution in [2.45, 2.75) is 26.7 Å². The Labute approximate surface area is 152 Å². The van der Waals surface area contributed by atoms with Gasteiger partial charge in [0.2, 0.25) is 11.7 Å². The van der Waals surface area contributed by atoms with Crippen molar-refractivity contribution in [2.24, 2.45) is 0 Å². The number of aromatic nitrogens is 5. The molecule has 7 heteroatoms. The Balaban J connectivity index is 1.50. The van der Waals surface area contributed by atoms with E-state index < -0.39 is 0 Å². The SMILES string of the molecule is Cc1cc(C)n(-c2ccc(-c3noc(CC4=CCN(C)CC4)n3)cn2)n1. The van der Waals surface area contributed by atoms with Crippen LogP contribution in [0.4, 0.5) is 0 Å². The Morgan fingerprint density at radius 3 is 2.77 bits per heavy atom. The topological polar surface area (TPSA) is 72.9 Å². The van der Waals surface area contributed by atoms with Crippen LogP contribution in [0.2, 0.25) is 0 Å². The van der Waals surface area contributed by atoms with Gasteiger partial charge in [0, 0.05) is 37.0 Å². The maximum absolute atomic E-state index is 5.43. The zero-order valence-corrected chi connectivity index (χ0v) is 15.3. The van der Waals surface area contributed by atoms with Crippen LogP contribution in [0.25, 0.3) is 17.2 Å². The molecule has 0 saturated heterocycles. The van der Waals surface area contributed by atoms with E-state index in [0.29, 0.717) is 11.7 Å². The number of rotatable bonds is 4. The van der Waals surface area contributed by atoms with Crippen LogP contribution in [0, 0.1) is 13.8 Å². The van der Waals surface area contributed by atoms with E-state index in [2.05, 4.69) is 38.2 Å². The minimum atomic E-state index is 0.570. The predicted octanol–water partition coefficient (Wildman–Crippen LogP) is 2.74. The Morgan fingerprint density at radius 2 is 2.12 bits per heavy atom. The summed E-state index contributed by atoms with van der Waals surface area (Å²) in [7, 11) is 2.13. The third kappa shape index (κ3) is 3.43. The van der Waals surface area contributed by atoms with Gasteiger partial charge in [-0.15, -0.1) is 0 Å². The normalized spacial score (nSPS) is 15.3. The molecule has 4 rings (SSSR count). The van der Waals surface area contributed by atoms with Crippen LogP contribution in [0.3, 0.4) is 0 Å². The fraction of sp³-hybridized carbons (Fsp3) is 0.368. The van der Waals surface area contributed by atoms with E-state index in [1.807, 2.05) is 36.7 Å². The van der Waals surface area contributed by atoms with Gasteiger partial charge in [-0.2, -0.15) is 10.1 Å². The van der Waals surface area contributed by atoms with Crippen LogP contribution < -0.4 is 0 Å². The largest absolute Gasteiger partial charge is 0.339 e. The van der Waals surface area contributed by atoms with Gasteiger partial charge in [-0.3, -0.25) is 0 Å². The molecule has 4 heterocycles. The first kappa shape index (κ1) is 16.7. The summed E-state index contributed by atoms with van der Waals surface area (Å²) in [5, 5.41) is 8.56. The third-order valence-electron chi connectivity index (χ3n) is 4.59. The Kier molecular flexibility index (Phi) is 4.38. The Morgan fingerprint density at radius 1 is 1.23 bits per heavy atom. The zero-order valence-electron chi connectivity index (χ0n) is 15.3. The number of hydrogen-bond acceptors (Lipinski definition) is 6. The first-order valence-corrected chi connectivity index (χ1v) is 8.77. The summed E-state index contributed by atoms with van der Waals surface area (Å²) in [6, 6.07) is 5.89. The summed E-state index contributed by atoms with van der Waals surface area (Å²) in [6.45, 7) is 6.04. The molecule has 0 spiro atoms. The van der Waals surface area contributed by atoms with Crippen LogP contribution in [0.15, 0.2) is 40.6 Å². The molecule has 0 bridgehead atoms. The van der Waals surface area contributed by atoms with E-state index in [1.54, 1.807) is 6.20 Å². The minimum Gasteiger partial charge on any atom is -0.339 e. The molecule has 134 valence electrons. The van der Waals surface area contributed by atoms with Crippen molar-refractivity contribution < 1.29 is 4.52 Å². The number of hydrogen-bond donors (Lipinski definition) is 0. The first-order valence-electron chi connectivity index (χ1n) is 8.77. The highest BCUT2D eigenvalue weighted by molar-refractivity contribution is 5.53. The lowest BCUT2D eigenvalue weighted by molar-refractivity contribution is 0.349. The van der Waals surface area contributed by atoms with Crippen molar-refractivity contribution >= 4 is 0 Å². The standard InChI is InChI=1S/C19H22N6O/c1-13-10-14(2)25(22-13)17-5-4-16(12-20-17)19-21-18(26-23-19)11-15-6-8-24(3)9-7-15/h4-6,10,12H,7-9,11H2,1-3H3. The molecule has 0 fully saturated rings. The van der Waals surface area contributed by atoms with Crippen LogP contribution in [-0.4, -0.2) is 49.9 Å². The van der Waals surface area contributed by atoms with Gasteiger partial charge in [0.1, 0.15) is 0 Å². The molecule has 0 radical (unpaired) electrons. The summed E-state index contributed by atoms with van der Waals surface area (Å²) >= 11 is 0. The molecule has 0 aromatic carbocycles. The van der Waals surface area contributed by atoms with Crippen LogP contribution >= 0.6 is 0 Å². The highest BCUT2D eigenvalue weighted by atomic mass is 16.5. The van der Waals surface area contributed by atoms with Crippen LogP contribution in [0.5, 0.6) is 0 Å². The zero-order chi connectivity index (χ0) is 18.1. The molecule has 0 aliphatic carbocycles.